The van der Waals surface area contributed by atoms with Crippen molar-refractivity contribution in [1.29, 1.82) is 5.26 Å². The summed E-state index contributed by atoms with van der Waals surface area (Å²) >= 11 is 1.23. The Morgan fingerprint density at radius 2 is 1.96 bits per heavy atom. The highest BCUT2D eigenvalue weighted by molar-refractivity contribution is 7.13. The third kappa shape index (κ3) is 4.54. The van der Waals surface area contributed by atoms with Crippen molar-refractivity contribution in [3.8, 4) is 16.6 Å². The molecular weight excluding hydrogens is 381 g/mol. The first-order valence-electron chi connectivity index (χ1n) is 9.08. The maximum Gasteiger partial charge on any atom is 0.358 e. The number of aromatic nitrogens is 1. The van der Waals surface area contributed by atoms with E-state index in [9.17, 15) is 19.2 Å². The van der Waals surface area contributed by atoms with Crippen LogP contribution in [0.1, 0.15) is 49.5 Å². The van der Waals surface area contributed by atoms with Crippen molar-refractivity contribution >= 4 is 23.2 Å². The average Bonchev–Trinajstić information content (AvgIpc) is 3.19. The fourth-order valence-corrected chi connectivity index (χ4v) is 3.92. The van der Waals surface area contributed by atoms with Crippen molar-refractivity contribution in [2.75, 3.05) is 0 Å². The molecule has 1 aliphatic carbocycles. The van der Waals surface area contributed by atoms with Crippen LogP contribution >= 0.6 is 11.3 Å². The molecule has 0 aliphatic heterocycles. The van der Waals surface area contributed by atoms with E-state index in [1.165, 1.54) is 35.8 Å². The molecule has 1 aliphatic rings. The monoisotopic (exact) mass is 401 g/mol. The summed E-state index contributed by atoms with van der Waals surface area (Å²) in [5.74, 6) is -1.57. The number of ether oxygens (including phenoxy) is 1. The minimum atomic E-state index is -1.05. The Morgan fingerprint density at radius 3 is 2.61 bits per heavy atom. The molecule has 1 aromatic heterocycles. The van der Waals surface area contributed by atoms with E-state index in [4.69, 9.17) is 4.74 Å². The molecule has 2 aromatic rings. The van der Waals surface area contributed by atoms with Gasteiger partial charge in [0.1, 0.15) is 16.4 Å². The minimum Gasteiger partial charge on any atom is -0.448 e. The number of rotatable bonds is 5. The summed E-state index contributed by atoms with van der Waals surface area (Å²) in [7, 11) is 0. The van der Waals surface area contributed by atoms with Gasteiger partial charge in [-0.15, -0.1) is 11.3 Å². The van der Waals surface area contributed by atoms with Gasteiger partial charge in [-0.1, -0.05) is 19.3 Å². The fraction of sp³-hybridized carbons (Fsp3) is 0.400. The lowest BCUT2D eigenvalue weighted by molar-refractivity contribution is -0.130. The Kier molecular flexibility index (Phi) is 6.05. The molecule has 3 rings (SSSR count). The van der Waals surface area contributed by atoms with Crippen LogP contribution in [0.5, 0.6) is 0 Å². The second-order valence-electron chi connectivity index (χ2n) is 6.84. The van der Waals surface area contributed by atoms with Crippen LogP contribution < -0.4 is 5.32 Å². The molecule has 1 heterocycles. The first kappa shape index (κ1) is 20.0. The number of carbonyl (C=O) groups is 2. The van der Waals surface area contributed by atoms with E-state index < -0.39 is 23.5 Å². The number of nitrogens with one attached hydrogen (secondary N) is 1. The van der Waals surface area contributed by atoms with Crippen LogP contribution in [0.3, 0.4) is 0 Å². The number of halogens is 1. The Bertz CT molecular complexity index is 898. The van der Waals surface area contributed by atoms with Crippen molar-refractivity contribution in [3.63, 3.8) is 0 Å². The third-order valence-electron chi connectivity index (χ3n) is 4.74. The molecule has 0 unspecified atom stereocenters. The Balaban J connectivity index is 1.62. The predicted molar refractivity (Wildman–Crippen MR) is 102 cm³/mol. The van der Waals surface area contributed by atoms with Gasteiger partial charge >= 0.3 is 5.97 Å². The lowest BCUT2D eigenvalue weighted by Gasteiger charge is -2.32. The van der Waals surface area contributed by atoms with E-state index in [0.29, 0.717) is 23.4 Å². The number of hydrogen-bond donors (Lipinski definition) is 1. The zero-order chi connectivity index (χ0) is 20.1. The molecule has 0 bridgehead atoms. The summed E-state index contributed by atoms with van der Waals surface area (Å²) in [6.07, 6.45) is 2.96. The number of nitrogens with zero attached hydrogens (tertiary/aromatic N) is 2. The lowest BCUT2D eigenvalue weighted by Crippen LogP contribution is -2.52. The van der Waals surface area contributed by atoms with Gasteiger partial charge in [0.15, 0.2) is 11.8 Å². The van der Waals surface area contributed by atoms with Gasteiger partial charge in [0.2, 0.25) is 0 Å². The van der Waals surface area contributed by atoms with Gasteiger partial charge in [0, 0.05) is 10.9 Å². The van der Waals surface area contributed by atoms with Crippen LogP contribution in [0, 0.1) is 17.1 Å². The lowest BCUT2D eigenvalue weighted by atomic mass is 9.83. The SMILES string of the molecule is C[C@H](OC(=O)c1csc(-c2ccc(F)cc2)n1)C(=O)NC1(C#N)CCCCC1. The standard InChI is InChI=1S/C20H20FN3O3S/c1-13(17(25)24-20(12-22)9-3-2-4-10-20)27-19(26)16-11-28-18(23-16)14-5-7-15(21)8-6-14/h5-8,11,13H,2-4,9-10H2,1H3,(H,24,25)/t13-/m0/s1. The van der Waals surface area contributed by atoms with Crippen LogP contribution in [0.25, 0.3) is 10.6 Å². The highest BCUT2D eigenvalue weighted by Crippen LogP contribution is 2.28. The quantitative estimate of drug-likeness (QED) is 0.769. The number of thiazole rings is 1. The molecule has 1 N–H and O–H groups in total. The van der Waals surface area contributed by atoms with Crippen molar-refractivity contribution in [3.05, 3.63) is 41.2 Å². The number of benzene rings is 1. The molecule has 6 nitrogen and oxygen atoms in total. The second kappa shape index (κ2) is 8.48. The molecule has 8 heteroatoms. The smallest absolute Gasteiger partial charge is 0.358 e. The second-order valence-corrected chi connectivity index (χ2v) is 7.69. The fourth-order valence-electron chi connectivity index (χ4n) is 3.12. The molecule has 1 amide bonds. The molecule has 146 valence electrons. The number of hydrogen-bond acceptors (Lipinski definition) is 6. The summed E-state index contributed by atoms with van der Waals surface area (Å²) in [5.41, 5.74) is -0.118. The number of esters is 1. The zero-order valence-corrected chi connectivity index (χ0v) is 16.2. The summed E-state index contributed by atoms with van der Waals surface area (Å²) < 4.78 is 18.2. The molecule has 0 saturated heterocycles. The van der Waals surface area contributed by atoms with Crippen LogP contribution in [-0.4, -0.2) is 28.5 Å². The topological polar surface area (TPSA) is 92.1 Å². The first-order valence-corrected chi connectivity index (χ1v) is 9.96. The van der Waals surface area contributed by atoms with Crippen molar-refractivity contribution in [2.45, 2.75) is 50.7 Å². The van der Waals surface area contributed by atoms with Gasteiger partial charge in [-0.25, -0.2) is 14.2 Å². The molecule has 1 saturated carbocycles. The predicted octanol–water partition coefficient (Wildman–Crippen LogP) is 3.84. The van der Waals surface area contributed by atoms with Gasteiger partial charge in [-0.2, -0.15) is 5.26 Å². The van der Waals surface area contributed by atoms with E-state index in [2.05, 4.69) is 16.4 Å². The van der Waals surface area contributed by atoms with Crippen LogP contribution in [-0.2, 0) is 9.53 Å². The summed E-state index contributed by atoms with van der Waals surface area (Å²) in [6, 6.07) is 7.99. The van der Waals surface area contributed by atoms with Gasteiger partial charge in [0.25, 0.3) is 5.91 Å². The molecular formula is C20H20FN3O3S. The van der Waals surface area contributed by atoms with E-state index >= 15 is 0 Å². The molecule has 1 aromatic carbocycles. The van der Waals surface area contributed by atoms with Gasteiger partial charge in [0.05, 0.1) is 6.07 Å². The van der Waals surface area contributed by atoms with Crippen molar-refractivity contribution < 1.29 is 18.7 Å². The van der Waals surface area contributed by atoms with E-state index in [-0.39, 0.29) is 11.5 Å². The largest absolute Gasteiger partial charge is 0.448 e. The normalized spacial score (nSPS) is 16.6. The molecule has 1 atom stereocenters. The number of amides is 1. The third-order valence-corrected chi connectivity index (χ3v) is 5.63. The number of nitriles is 1. The number of carbonyl (C=O) groups excluding carboxylic acids is 2. The van der Waals surface area contributed by atoms with Crippen LogP contribution in [0.15, 0.2) is 29.6 Å². The maximum absolute atomic E-state index is 13.0. The molecule has 0 radical (unpaired) electrons. The maximum atomic E-state index is 13.0. The first-order chi connectivity index (χ1) is 13.4. The molecule has 0 spiro atoms. The summed E-state index contributed by atoms with van der Waals surface area (Å²) in [5, 5.41) is 14.3. The van der Waals surface area contributed by atoms with Gasteiger partial charge in [-0.05, 0) is 44.0 Å². The Labute approximate surface area is 166 Å². The summed E-state index contributed by atoms with van der Waals surface area (Å²) in [4.78, 5) is 28.9. The molecule has 28 heavy (non-hydrogen) atoms. The van der Waals surface area contributed by atoms with E-state index in [1.54, 1.807) is 12.1 Å². The van der Waals surface area contributed by atoms with Gasteiger partial charge < -0.3 is 10.1 Å². The van der Waals surface area contributed by atoms with E-state index in [0.717, 1.165) is 19.3 Å². The highest BCUT2D eigenvalue weighted by atomic mass is 32.1. The average molecular weight is 401 g/mol. The Hall–Kier alpha value is -2.79. The highest BCUT2D eigenvalue weighted by Gasteiger charge is 2.35. The van der Waals surface area contributed by atoms with E-state index in [1.807, 2.05) is 0 Å². The van der Waals surface area contributed by atoms with Gasteiger partial charge in [-0.3, -0.25) is 4.79 Å². The van der Waals surface area contributed by atoms with Crippen LogP contribution in [0.2, 0.25) is 0 Å². The molecule has 1 fully saturated rings. The summed E-state index contributed by atoms with van der Waals surface area (Å²) in [6.45, 7) is 1.47. The van der Waals surface area contributed by atoms with Crippen molar-refractivity contribution in [1.82, 2.24) is 10.3 Å². The minimum absolute atomic E-state index is 0.0802. The Morgan fingerprint density at radius 1 is 1.29 bits per heavy atom. The van der Waals surface area contributed by atoms with Crippen LogP contribution in [0.4, 0.5) is 4.39 Å². The van der Waals surface area contributed by atoms with Crippen molar-refractivity contribution in [2.24, 2.45) is 0 Å². The zero-order valence-electron chi connectivity index (χ0n) is 15.4.